The number of carbonyl (C=O) groups excluding carboxylic acids is 1. The average Bonchev–Trinajstić information content (AvgIpc) is 2.63. The van der Waals surface area contributed by atoms with Crippen LogP contribution in [0, 0.1) is 0 Å². The minimum atomic E-state index is -0.232. The van der Waals surface area contributed by atoms with Crippen LogP contribution in [0.2, 0.25) is 0 Å². The lowest BCUT2D eigenvalue weighted by Gasteiger charge is -2.17. The highest BCUT2D eigenvalue weighted by Gasteiger charge is 2.15. The fraction of sp³-hybridized carbons (Fsp3) is 0.222. The number of benzene rings is 2. The quantitative estimate of drug-likeness (QED) is 0.688. The van der Waals surface area contributed by atoms with E-state index in [4.69, 9.17) is 21.7 Å². The van der Waals surface area contributed by atoms with Gasteiger partial charge in [0.15, 0.2) is 5.11 Å². The van der Waals surface area contributed by atoms with Crippen molar-refractivity contribution < 1.29 is 14.3 Å². The van der Waals surface area contributed by atoms with Crippen LogP contribution in [-0.4, -0.2) is 31.8 Å². The molecule has 0 atom stereocenters. The van der Waals surface area contributed by atoms with Crippen LogP contribution in [0.5, 0.6) is 11.5 Å². The molecule has 0 bridgehead atoms. The highest BCUT2D eigenvalue weighted by atomic mass is 32.1. The zero-order valence-electron chi connectivity index (χ0n) is 14.4. The number of nitrogens with one attached hydrogen (secondary N) is 3. The van der Waals surface area contributed by atoms with E-state index in [0.29, 0.717) is 40.1 Å². The summed E-state index contributed by atoms with van der Waals surface area (Å²) in [7, 11) is 3.08. The van der Waals surface area contributed by atoms with E-state index in [1.165, 1.54) is 7.11 Å². The standard InChI is InChI=1S/C18H21N3O3S/c1-4-19-18(25)21-14-11-15(23-2)13(10-16(14)24-3)20-17(22)12-8-6-5-7-9-12/h5-11H,4H2,1-3H3,(H,20,22)(H2,19,21,25). The predicted octanol–water partition coefficient (Wildman–Crippen LogP) is 3.26. The molecule has 0 radical (unpaired) electrons. The molecular weight excluding hydrogens is 338 g/mol. The van der Waals surface area contributed by atoms with Crippen molar-refractivity contribution in [2.24, 2.45) is 0 Å². The summed E-state index contributed by atoms with van der Waals surface area (Å²) >= 11 is 5.20. The van der Waals surface area contributed by atoms with Crippen molar-refractivity contribution in [3.05, 3.63) is 48.0 Å². The minimum absolute atomic E-state index is 0.232. The van der Waals surface area contributed by atoms with E-state index < -0.39 is 0 Å². The van der Waals surface area contributed by atoms with Crippen molar-refractivity contribution >= 4 is 34.6 Å². The van der Waals surface area contributed by atoms with Gasteiger partial charge in [-0.2, -0.15) is 0 Å². The number of rotatable bonds is 6. The largest absolute Gasteiger partial charge is 0.494 e. The van der Waals surface area contributed by atoms with E-state index in [2.05, 4.69) is 16.0 Å². The van der Waals surface area contributed by atoms with Crippen molar-refractivity contribution in [2.45, 2.75) is 6.92 Å². The van der Waals surface area contributed by atoms with Crippen molar-refractivity contribution in [2.75, 3.05) is 31.4 Å². The Balaban J connectivity index is 2.29. The van der Waals surface area contributed by atoms with Crippen molar-refractivity contribution in [3.63, 3.8) is 0 Å². The summed E-state index contributed by atoms with van der Waals surface area (Å²) in [6.07, 6.45) is 0. The molecule has 0 spiro atoms. The van der Waals surface area contributed by atoms with Crippen molar-refractivity contribution in [1.82, 2.24) is 5.32 Å². The molecule has 0 aromatic heterocycles. The Morgan fingerprint density at radius 1 is 1.00 bits per heavy atom. The van der Waals surface area contributed by atoms with Crippen LogP contribution in [0.4, 0.5) is 11.4 Å². The van der Waals surface area contributed by atoms with Crippen molar-refractivity contribution in [3.8, 4) is 11.5 Å². The second-order valence-corrected chi connectivity index (χ2v) is 5.47. The van der Waals surface area contributed by atoms with Gasteiger partial charge in [-0.05, 0) is 31.3 Å². The minimum Gasteiger partial charge on any atom is -0.494 e. The number of amides is 1. The maximum atomic E-state index is 12.4. The Morgan fingerprint density at radius 3 is 2.08 bits per heavy atom. The molecule has 0 aliphatic carbocycles. The summed E-state index contributed by atoms with van der Waals surface area (Å²) in [5, 5.41) is 9.37. The van der Waals surface area contributed by atoms with E-state index >= 15 is 0 Å². The van der Waals surface area contributed by atoms with Crippen molar-refractivity contribution in [1.29, 1.82) is 0 Å². The Hall–Kier alpha value is -2.80. The summed E-state index contributed by atoms with van der Waals surface area (Å²) in [4.78, 5) is 12.4. The highest BCUT2D eigenvalue weighted by Crippen LogP contribution is 2.36. The number of anilines is 2. The van der Waals surface area contributed by atoms with Gasteiger partial charge >= 0.3 is 0 Å². The third-order valence-corrected chi connectivity index (χ3v) is 3.64. The van der Waals surface area contributed by atoms with Crippen LogP contribution in [0.3, 0.4) is 0 Å². The molecule has 25 heavy (non-hydrogen) atoms. The normalized spacial score (nSPS) is 9.88. The number of ether oxygens (including phenoxy) is 2. The SMILES string of the molecule is CCNC(=S)Nc1cc(OC)c(NC(=O)c2ccccc2)cc1OC. The first-order valence-electron chi connectivity index (χ1n) is 7.76. The fourth-order valence-corrected chi connectivity index (χ4v) is 2.46. The molecule has 1 amide bonds. The van der Waals surface area contributed by atoms with Gasteiger partial charge in [-0.1, -0.05) is 18.2 Å². The van der Waals surface area contributed by atoms with Gasteiger partial charge in [-0.25, -0.2) is 0 Å². The van der Waals surface area contributed by atoms with Gasteiger partial charge in [0.25, 0.3) is 5.91 Å². The Labute approximate surface area is 152 Å². The molecule has 0 aliphatic rings. The van der Waals surface area contributed by atoms with E-state index in [9.17, 15) is 4.79 Å². The van der Waals surface area contributed by atoms with Crippen LogP contribution in [-0.2, 0) is 0 Å². The fourth-order valence-electron chi connectivity index (χ4n) is 2.20. The third kappa shape index (κ3) is 4.84. The molecule has 3 N–H and O–H groups in total. The first-order valence-corrected chi connectivity index (χ1v) is 8.17. The molecule has 0 aliphatic heterocycles. The second-order valence-electron chi connectivity index (χ2n) is 5.06. The molecule has 2 aromatic carbocycles. The first-order chi connectivity index (χ1) is 12.1. The molecular formula is C18H21N3O3S. The number of hydrogen-bond acceptors (Lipinski definition) is 4. The number of hydrogen-bond donors (Lipinski definition) is 3. The summed E-state index contributed by atoms with van der Waals surface area (Å²) < 4.78 is 10.8. The maximum absolute atomic E-state index is 12.4. The van der Waals surface area contributed by atoms with Gasteiger partial charge in [0.05, 0.1) is 25.6 Å². The summed E-state index contributed by atoms with van der Waals surface area (Å²) in [6.45, 7) is 2.66. The zero-order valence-corrected chi connectivity index (χ0v) is 15.2. The number of methoxy groups -OCH3 is 2. The lowest BCUT2D eigenvalue weighted by molar-refractivity contribution is 0.102. The average molecular weight is 359 g/mol. The van der Waals surface area contributed by atoms with Crippen LogP contribution in [0.25, 0.3) is 0 Å². The van der Waals surface area contributed by atoms with Gasteiger partial charge in [-0.3, -0.25) is 4.79 Å². The zero-order chi connectivity index (χ0) is 18.2. The molecule has 0 saturated heterocycles. The van der Waals surface area contributed by atoms with Gasteiger partial charge in [0.2, 0.25) is 0 Å². The number of carbonyl (C=O) groups is 1. The van der Waals surface area contributed by atoms with E-state index in [1.807, 2.05) is 13.0 Å². The number of thiocarbonyl (C=S) groups is 1. The predicted molar refractivity (Wildman–Crippen MR) is 104 cm³/mol. The molecule has 0 heterocycles. The Morgan fingerprint density at radius 2 is 1.56 bits per heavy atom. The summed E-state index contributed by atoms with van der Waals surface area (Å²) in [5.74, 6) is 0.793. The van der Waals surface area contributed by atoms with Gasteiger partial charge < -0.3 is 25.4 Å². The second kappa shape index (κ2) is 8.89. The highest BCUT2D eigenvalue weighted by molar-refractivity contribution is 7.80. The topological polar surface area (TPSA) is 71.6 Å². The van der Waals surface area contributed by atoms with E-state index in [0.717, 1.165) is 0 Å². The Kier molecular flexibility index (Phi) is 6.59. The van der Waals surface area contributed by atoms with Crippen LogP contribution >= 0.6 is 12.2 Å². The lowest BCUT2D eigenvalue weighted by atomic mass is 10.2. The molecule has 0 unspecified atom stereocenters. The molecule has 132 valence electrons. The molecule has 7 heteroatoms. The van der Waals surface area contributed by atoms with Gasteiger partial charge in [0.1, 0.15) is 11.5 Å². The molecule has 0 fully saturated rings. The molecule has 0 saturated carbocycles. The van der Waals surface area contributed by atoms with Crippen LogP contribution < -0.4 is 25.4 Å². The smallest absolute Gasteiger partial charge is 0.255 e. The summed E-state index contributed by atoms with van der Waals surface area (Å²) in [5.41, 5.74) is 1.70. The molecule has 2 aromatic rings. The van der Waals surface area contributed by atoms with Crippen LogP contribution in [0.15, 0.2) is 42.5 Å². The first kappa shape index (κ1) is 18.5. The van der Waals surface area contributed by atoms with Gasteiger partial charge in [0, 0.05) is 24.2 Å². The monoisotopic (exact) mass is 359 g/mol. The van der Waals surface area contributed by atoms with E-state index in [-0.39, 0.29) is 5.91 Å². The molecule has 6 nitrogen and oxygen atoms in total. The molecule has 2 rings (SSSR count). The van der Waals surface area contributed by atoms with E-state index in [1.54, 1.807) is 43.5 Å². The Bertz CT molecular complexity index is 751. The lowest BCUT2D eigenvalue weighted by Crippen LogP contribution is -2.28. The third-order valence-electron chi connectivity index (χ3n) is 3.39. The van der Waals surface area contributed by atoms with Gasteiger partial charge in [-0.15, -0.1) is 0 Å². The van der Waals surface area contributed by atoms with Crippen LogP contribution in [0.1, 0.15) is 17.3 Å². The summed E-state index contributed by atoms with van der Waals surface area (Å²) in [6, 6.07) is 12.4. The maximum Gasteiger partial charge on any atom is 0.255 e.